The van der Waals surface area contributed by atoms with E-state index in [1.165, 1.54) is 0 Å². The third-order valence-electron chi connectivity index (χ3n) is 3.35. The predicted octanol–water partition coefficient (Wildman–Crippen LogP) is 0.958. The Morgan fingerprint density at radius 3 is 2.94 bits per heavy atom. The number of aromatic nitrogens is 2. The molecule has 1 unspecified atom stereocenters. The summed E-state index contributed by atoms with van der Waals surface area (Å²) >= 11 is 0. The van der Waals surface area contributed by atoms with Crippen LogP contribution in [0.4, 0.5) is 0 Å². The van der Waals surface area contributed by atoms with Crippen LogP contribution in [0, 0.1) is 0 Å². The molecule has 1 saturated heterocycles. The van der Waals surface area contributed by atoms with Gasteiger partial charge < -0.3 is 9.88 Å². The molecule has 0 aliphatic carbocycles. The highest BCUT2D eigenvalue weighted by Gasteiger charge is 2.31. The molecule has 1 atom stereocenters. The van der Waals surface area contributed by atoms with Crippen molar-refractivity contribution in [3.05, 3.63) is 18.2 Å². The number of hydrogen-bond donors (Lipinski definition) is 1. The van der Waals surface area contributed by atoms with Gasteiger partial charge in [-0.15, -0.1) is 0 Å². The summed E-state index contributed by atoms with van der Waals surface area (Å²) in [7, 11) is -2.88. The Morgan fingerprint density at radius 2 is 2.33 bits per heavy atom. The van der Waals surface area contributed by atoms with E-state index in [4.69, 9.17) is 0 Å². The molecule has 6 heteroatoms. The highest BCUT2D eigenvalue weighted by Crippen LogP contribution is 2.22. The molecule has 0 spiro atoms. The lowest BCUT2D eigenvalue weighted by molar-refractivity contribution is 0.533. The van der Waals surface area contributed by atoms with Crippen molar-refractivity contribution in [1.29, 1.82) is 0 Å². The van der Waals surface area contributed by atoms with Gasteiger partial charge in [0.25, 0.3) is 0 Å². The minimum Gasteiger partial charge on any atom is -0.332 e. The van der Waals surface area contributed by atoms with Crippen LogP contribution in [0.5, 0.6) is 0 Å². The molecule has 2 rings (SSSR count). The van der Waals surface area contributed by atoms with Crippen molar-refractivity contribution in [1.82, 2.24) is 14.9 Å². The SMILES string of the molecule is CC(C)NCc1cncn1CC1CCCS1(=O)=O. The second kappa shape index (κ2) is 5.40. The van der Waals surface area contributed by atoms with Crippen molar-refractivity contribution >= 4 is 9.84 Å². The van der Waals surface area contributed by atoms with Crippen LogP contribution in [0.15, 0.2) is 12.5 Å². The molecular formula is C12H21N3O2S. The van der Waals surface area contributed by atoms with Crippen LogP contribution >= 0.6 is 0 Å². The van der Waals surface area contributed by atoms with Gasteiger partial charge in [-0.05, 0) is 12.8 Å². The fourth-order valence-electron chi connectivity index (χ4n) is 2.25. The van der Waals surface area contributed by atoms with Gasteiger partial charge in [0.1, 0.15) is 0 Å². The van der Waals surface area contributed by atoms with Crippen molar-refractivity contribution in [3.63, 3.8) is 0 Å². The fourth-order valence-corrected chi connectivity index (χ4v) is 4.07. The molecule has 5 nitrogen and oxygen atoms in total. The molecule has 1 N–H and O–H groups in total. The number of nitrogens with one attached hydrogen (secondary N) is 1. The fraction of sp³-hybridized carbons (Fsp3) is 0.750. The van der Waals surface area contributed by atoms with E-state index in [-0.39, 0.29) is 5.25 Å². The van der Waals surface area contributed by atoms with E-state index in [0.29, 0.717) is 18.3 Å². The van der Waals surface area contributed by atoms with E-state index in [9.17, 15) is 8.42 Å². The molecule has 0 amide bonds. The van der Waals surface area contributed by atoms with Crippen molar-refractivity contribution in [2.75, 3.05) is 5.75 Å². The topological polar surface area (TPSA) is 64.0 Å². The van der Waals surface area contributed by atoms with Crippen LogP contribution in [0.1, 0.15) is 32.4 Å². The molecule has 1 aliphatic heterocycles. The van der Waals surface area contributed by atoms with Gasteiger partial charge in [-0.3, -0.25) is 0 Å². The number of hydrogen-bond acceptors (Lipinski definition) is 4. The van der Waals surface area contributed by atoms with E-state index in [2.05, 4.69) is 24.1 Å². The zero-order chi connectivity index (χ0) is 13.2. The predicted molar refractivity (Wildman–Crippen MR) is 71.0 cm³/mol. The van der Waals surface area contributed by atoms with E-state index in [1.54, 1.807) is 12.5 Å². The summed E-state index contributed by atoms with van der Waals surface area (Å²) in [4.78, 5) is 4.12. The molecule has 2 heterocycles. The van der Waals surface area contributed by atoms with Crippen molar-refractivity contribution < 1.29 is 8.42 Å². The van der Waals surface area contributed by atoms with Crippen LogP contribution in [0.3, 0.4) is 0 Å². The van der Waals surface area contributed by atoms with Gasteiger partial charge >= 0.3 is 0 Å². The smallest absolute Gasteiger partial charge is 0.154 e. The minimum absolute atomic E-state index is 0.232. The maximum absolute atomic E-state index is 11.8. The van der Waals surface area contributed by atoms with Crippen LogP contribution in [0.2, 0.25) is 0 Å². The zero-order valence-electron chi connectivity index (χ0n) is 11.0. The first-order valence-corrected chi connectivity index (χ1v) is 8.14. The highest BCUT2D eigenvalue weighted by molar-refractivity contribution is 7.92. The van der Waals surface area contributed by atoms with Crippen LogP contribution in [-0.2, 0) is 22.9 Å². The lowest BCUT2D eigenvalue weighted by atomic mass is 10.2. The van der Waals surface area contributed by atoms with E-state index < -0.39 is 9.84 Å². The summed E-state index contributed by atoms with van der Waals surface area (Å²) < 4.78 is 25.6. The van der Waals surface area contributed by atoms with Crippen molar-refractivity contribution in [3.8, 4) is 0 Å². The average Bonchev–Trinajstić information content (AvgIpc) is 2.84. The van der Waals surface area contributed by atoms with Crippen molar-refractivity contribution in [2.45, 2.75) is 51.1 Å². The molecule has 1 aromatic heterocycles. The zero-order valence-corrected chi connectivity index (χ0v) is 11.8. The Morgan fingerprint density at radius 1 is 1.56 bits per heavy atom. The Labute approximate surface area is 109 Å². The molecule has 102 valence electrons. The molecule has 0 radical (unpaired) electrons. The highest BCUT2D eigenvalue weighted by atomic mass is 32.2. The molecule has 0 bridgehead atoms. The number of imidazole rings is 1. The van der Waals surface area contributed by atoms with E-state index >= 15 is 0 Å². The van der Waals surface area contributed by atoms with Crippen LogP contribution in [0.25, 0.3) is 0 Å². The quantitative estimate of drug-likeness (QED) is 0.866. The maximum atomic E-state index is 11.8. The first-order valence-electron chi connectivity index (χ1n) is 6.43. The molecule has 1 fully saturated rings. The third-order valence-corrected chi connectivity index (χ3v) is 5.61. The van der Waals surface area contributed by atoms with E-state index in [1.807, 2.05) is 4.57 Å². The summed E-state index contributed by atoms with van der Waals surface area (Å²) in [6.45, 7) is 5.44. The van der Waals surface area contributed by atoms with Gasteiger partial charge in [-0.2, -0.15) is 0 Å². The van der Waals surface area contributed by atoms with Gasteiger partial charge in [-0.1, -0.05) is 13.8 Å². The summed E-state index contributed by atoms with van der Waals surface area (Å²) in [6.07, 6.45) is 5.10. The van der Waals surface area contributed by atoms with Crippen molar-refractivity contribution in [2.24, 2.45) is 0 Å². The maximum Gasteiger partial charge on any atom is 0.154 e. The second-order valence-electron chi connectivity index (χ2n) is 5.20. The van der Waals surface area contributed by atoms with Crippen LogP contribution < -0.4 is 5.32 Å². The average molecular weight is 271 g/mol. The minimum atomic E-state index is -2.88. The number of sulfone groups is 1. The van der Waals surface area contributed by atoms with Crippen LogP contribution in [-0.4, -0.2) is 35.0 Å². The number of rotatable bonds is 5. The monoisotopic (exact) mass is 271 g/mol. The molecule has 0 aromatic carbocycles. The third kappa shape index (κ3) is 3.11. The summed E-state index contributed by atoms with van der Waals surface area (Å²) in [5.74, 6) is 0.339. The Balaban J connectivity index is 2.03. The van der Waals surface area contributed by atoms with Gasteiger partial charge in [0, 0.05) is 25.3 Å². The molecule has 18 heavy (non-hydrogen) atoms. The second-order valence-corrected chi connectivity index (χ2v) is 7.60. The van der Waals surface area contributed by atoms with Gasteiger partial charge in [0.05, 0.1) is 23.0 Å². The Kier molecular flexibility index (Phi) is 4.07. The normalized spacial score (nSPS) is 22.7. The Hall–Kier alpha value is -0.880. The summed E-state index contributed by atoms with van der Waals surface area (Å²) in [5.41, 5.74) is 1.05. The first-order chi connectivity index (χ1) is 8.49. The number of nitrogens with zero attached hydrogens (tertiary/aromatic N) is 2. The standard InChI is InChI=1S/C12H21N3O2S/c1-10(2)14-7-11-6-13-9-15(11)8-12-4-3-5-18(12,16)17/h6,9-10,12,14H,3-5,7-8H2,1-2H3. The summed E-state index contributed by atoms with van der Waals surface area (Å²) in [5, 5.41) is 3.09. The summed E-state index contributed by atoms with van der Waals surface area (Å²) in [6, 6.07) is 0.406. The first kappa shape index (κ1) is 13.5. The van der Waals surface area contributed by atoms with Gasteiger partial charge in [0.15, 0.2) is 9.84 Å². The van der Waals surface area contributed by atoms with Gasteiger partial charge in [0.2, 0.25) is 0 Å². The molecule has 0 saturated carbocycles. The lowest BCUT2D eigenvalue weighted by Crippen LogP contribution is -2.26. The van der Waals surface area contributed by atoms with E-state index in [0.717, 1.165) is 25.1 Å². The van der Waals surface area contributed by atoms with Gasteiger partial charge in [-0.25, -0.2) is 13.4 Å². The largest absolute Gasteiger partial charge is 0.332 e. The molecule has 1 aliphatic rings. The lowest BCUT2D eigenvalue weighted by Gasteiger charge is -2.14. The molecular weight excluding hydrogens is 250 g/mol. The molecule has 1 aromatic rings. The Bertz CT molecular complexity index is 493.